The number of hydrogen-bond donors (Lipinski definition) is 0. The Morgan fingerprint density at radius 2 is 1.64 bits per heavy atom. The Labute approximate surface area is 161 Å². The molecule has 0 spiro atoms. The number of halogens is 1. The maximum absolute atomic E-state index is 14.2. The summed E-state index contributed by atoms with van der Waals surface area (Å²) in [5.74, 6) is -1.74. The van der Waals surface area contributed by atoms with Crippen LogP contribution in [0.5, 0.6) is 5.75 Å². The number of esters is 1. The third kappa shape index (κ3) is 4.27. The molecule has 0 N–H and O–H groups in total. The lowest BCUT2D eigenvalue weighted by Crippen LogP contribution is -2.41. The third-order valence-electron chi connectivity index (χ3n) is 4.23. The number of carbonyl (C=O) groups is 2. The van der Waals surface area contributed by atoms with Gasteiger partial charge in [0.05, 0.1) is 18.8 Å². The summed E-state index contributed by atoms with van der Waals surface area (Å²) in [5.41, 5.74) is 0.351. The molecule has 0 aromatic heterocycles. The van der Waals surface area contributed by atoms with E-state index in [-0.39, 0.29) is 43.4 Å². The Hall–Kier alpha value is -2.62. The number of hydrogen-bond acceptors (Lipinski definition) is 6. The highest BCUT2D eigenvalue weighted by Crippen LogP contribution is 2.23. The van der Waals surface area contributed by atoms with Crippen LogP contribution in [0.1, 0.15) is 27.6 Å². The fraction of sp³-hybridized carbons (Fsp3) is 0.263. The van der Waals surface area contributed by atoms with Crippen molar-refractivity contribution >= 4 is 21.8 Å². The van der Waals surface area contributed by atoms with Crippen molar-refractivity contribution < 1.29 is 31.9 Å². The predicted octanol–water partition coefficient (Wildman–Crippen LogP) is 2.27. The van der Waals surface area contributed by atoms with Gasteiger partial charge < -0.3 is 9.47 Å². The molecule has 9 heteroatoms. The first-order chi connectivity index (χ1) is 13.3. The highest BCUT2D eigenvalue weighted by molar-refractivity contribution is 7.89. The van der Waals surface area contributed by atoms with Crippen LogP contribution in [0.15, 0.2) is 47.4 Å². The normalized spacial score (nSPS) is 15.2. The Morgan fingerprint density at radius 3 is 2.25 bits per heavy atom. The summed E-state index contributed by atoms with van der Waals surface area (Å²) in [4.78, 5) is 23.1. The quantitative estimate of drug-likeness (QED) is 0.429. The van der Waals surface area contributed by atoms with E-state index in [0.717, 1.165) is 22.5 Å². The van der Waals surface area contributed by atoms with E-state index in [0.29, 0.717) is 5.56 Å². The molecular weight excluding hydrogens is 389 g/mol. The summed E-state index contributed by atoms with van der Waals surface area (Å²) in [5, 5.41) is 0. The lowest BCUT2D eigenvalue weighted by molar-refractivity contribution is 0.0726. The molecule has 0 atom stereocenters. The Kier molecular flexibility index (Phi) is 5.87. The van der Waals surface area contributed by atoms with E-state index in [1.807, 2.05) is 0 Å². The zero-order valence-electron chi connectivity index (χ0n) is 15.1. The standard InChI is InChI=1S/C19H18FNO6S/c1-13(22)14-2-5-16(6-3-14)27-19(23)15-4-7-17(20)18(12-15)28(24,25)21-8-10-26-11-9-21/h2-7,12H,8-11H2,1H3. The van der Waals surface area contributed by atoms with Crippen LogP contribution >= 0.6 is 0 Å². The topological polar surface area (TPSA) is 90.0 Å². The number of ketones is 1. The van der Waals surface area contributed by atoms with Gasteiger partial charge in [0.25, 0.3) is 0 Å². The fourth-order valence-corrected chi connectivity index (χ4v) is 4.18. The Bertz CT molecular complexity index is 998. The van der Waals surface area contributed by atoms with Crippen LogP contribution < -0.4 is 4.74 Å². The molecule has 2 aromatic rings. The summed E-state index contributed by atoms with van der Waals surface area (Å²) in [6, 6.07) is 8.94. The van der Waals surface area contributed by atoms with Crippen LogP contribution in [0.25, 0.3) is 0 Å². The molecule has 7 nitrogen and oxygen atoms in total. The van der Waals surface area contributed by atoms with E-state index < -0.39 is 26.7 Å². The van der Waals surface area contributed by atoms with Crippen molar-refractivity contribution in [2.75, 3.05) is 26.3 Å². The second kappa shape index (κ2) is 8.17. The molecular formula is C19H18FNO6S. The zero-order valence-corrected chi connectivity index (χ0v) is 15.9. The van der Waals surface area contributed by atoms with E-state index in [9.17, 15) is 22.4 Å². The minimum Gasteiger partial charge on any atom is -0.423 e. The highest BCUT2D eigenvalue weighted by Gasteiger charge is 2.30. The Balaban J connectivity index is 1.83. The van der Waals surface area contributed by atoms with Gasteiger partial charge in [-0.25, -0.2) is 17.6 Å². The molecule has 1 aliphatic heterocycles. The van der Waals surface area contributed by atoms with E-state index in [1.165, 1.54) is 31.2 Å². The van der Waals surface area contributed by atoms with E-state index in [1.54, 1.807) is 0 Å². The van der Waals surface area contributed by atoms with Crippen molar-refractivity contribution in [2.45, 2.75) is 11.8 Å². The maximum Gasteiger partial charge on any atom is 0.343 e. The smallest absolute Gasteiger partial charge is 0.343 e. The van der Waals surface area contributed by atoms with Crippen molar-refractivity contribution in [1.82, 2.24) is 4.31 Å². The maximum atomic E-state index is 14.2. The molecule has 0 saturated carbocycles. The SMILES string of the molecule is CC(=O)c1ccc(OC(=O)c2ccc(F)c(S(=O)(=O)N3CCOCC3)c2)cc1. The molecule has 28 heavy (non-hydrogen) atoms. The molecule has 0 radical (unpaired) electrons. The van der Waals surface area contributed by atoms with Gasteiger partial charge in [0.15, 0.2) is 5.78 Å². The average Bonchev–Trinajstić information content (AvgIpc) is 2.69. The number of morpholine rings is 1. The van der Waals surface area contributed by atoms with E-state index in [2.05, 4.69) is 0 Å². The van der Waals surface area contributed by atoms with Gasteiger partial charge in [-0.15, -0.1) is 0 Å². The van der Waals surface area contributed by atoms with Gasteiger partial charge in [0.1, 0.15) is 16.5 Å². The molecule has 3 rings (SSSR count). The number of nitrogens with zero attached hydrogens (tertiary/aromatic N) is 1. The van der Waals surface area contributed by atoms with E-state index in [4.69, 9.17) is 9.47 Å². The van der Waals surface area contributed by atoms with Gasteiger partial charge in [0, 0.05) is 18.7 Å². The molecule has 0 unspecified atom stereocenters. The minimum atomic E-state index is -4.10. The monoisotopic (exact) mass is 407 g/mol. The molecule has 1 saturated heterocycles. The molecule has 0 aliphatic carbocycles. The van der Waals surface area contributed by atoms with Gasteiger partial charge in [-0.05, 0) is 49.4 Å². The van der Waals surface area contributed by atoms with Crippen LogP contribution in [0.4, 0.5) is 4.39 Å². The molecule has 148 valence electrons. The molecule has 1 aliphatic rings. The molecule has 1 fully saturated rings. The van der Waals surface area contributed by atoms with Crippen molar-refractivity contribution in [3.05, 3.63) is 59.4 Å². The van der Waals surface area contributed by atoms with Gasteiger partial charge >= 0.3 is 5.97 Å². The van der Waals surface area contributed by atoms with Crippen molar-refractivity contribution in [1.29, 1.82) is 0 Å². The van der Waals surface area contributed by atoms with E-state index >= 15 is 0 Å². The van der Waals surface area contributed by atoms with Crippen LogP contribution in [-0.2, 0) is 14.8 Å². The average molecular weight is 407 g/mol. The van der Waals surface area contributed by atoms with Gasteiger partial charge in [-0.3, -0.25) is 4.79 Å². The van der Waals surface area contributed by atoms with Crippen LogP contribution in [0.2, 0.25) is 0 Å². The second-order valence-electron chi connectivity index (χ2n) is 6.13. The largest absolute Gasteiger partial charge is 0.423 e. The summed E-state index contributed by atoms with van der Waals surface area (Å²) >= 11 is 0. The summed E-state index contributed by atoms with van der Waals surface area (Å²) in [6.07, 6.45) is 0. The van der Waals surface area contributed by atoms with Crippen molar-refractivity contribution in [3.63, 3.8) is 0 Å². The fourth-order valence-electron chi connectivity index (χ4n) is 2.68. The first kappa shape index (κ1) is 20.1. The molecule has 0 bridgehead atoms. The lowest BCUT2D eigenvalue weighted by atomic mass is 10.1. The zero-order chi connectivity index (χ0) is 20.3. The van der Waals surface area contributed by atoms with Crippen LogP contribution in [0.3, 0.4) is 0 Å². The first-order valence-electron chi connectivity index (χ1n) is 8.49. The van der Waals surface area contributed by atoms with Crippen molar-refractivity contribution in [2.24, 2.45) is 0 Å². The molecule has 1 heterocycles. The Morgan fingerprint density at radius 1 is 1.04 bits per heavy atom. The van der Waals surface area contributed by atoms with Crippen LogP contribution in [-0.4, -0.2) is 50.8 Å². The van der Waals surface area contributed by atoms with Gasteiger partial charge in [0.2, 0.25) is 10.0 Å². The summed E-state index contributed by atoms with van der Waals surface area (Å²) in [6.45, 7) is 2.07. The second-order valence-corrected chi connectivity index (χ2v) is 8.04. The van der Waals surface area contributed by atoms with Gasteiger partial charge in [-0.1, -0.05) is 0 Å². The van der Waals surface area contributed by atoms with Crippen molar-refractivity contribution in [3.8, 4) is 5.75 Å². The summed E-state index contributed by atoms with van der Waals surface area (Å²) < 4.78 is 51.0. The lowest BCUT2D eigenvalue weighted by Gasteiger charge is -2.26. The summed E-state index contributed by atoms with van der Waals surface area (Å²) in [7, 11) is -4.10. The number of Topliss-reactive ketones (excluding diaryl/α,β-unsaturated/α-hetero) is 1. The highest BCUT2D eigenvalue weighted by atomic mass is 32.2. The number of benzene rings is 2. The first-order valence-corrected chi connectivity index (χ1v) is 9.93. The third-order valence-corrected chi connectivity index (χ3v) is 6.14. The number of ether oxygens (including phenoxy) is 2. The van der Waals surface area contributed by atoms with Gasteiger partial charge in [-0.2, -0.15) is 4.31 Å². The molecule has 0 amide bonds. The number of carbonyl (C=O) groups excluding carboxylic acids is 2. The molecule has 2 aromatic carbocycles. The van der Waals surface area contributed by atoms with Crippen LogP contribution in [0, 0.1) is 5.82 Å². The number of sulfonamides is 1. The minimum absolute atomic E-state index is 0.108. The number of rotatable bonds is 5. The predicted molar refractivity (Wildman–Crippen MR) is 97.4 cm³/mol.